The number of aromatic nitrogens is 1. The normalized spacial score (nSPS) is 13.8. The Kier molecular flexibility index (Phi) is 7.26. The van der Waals surface area contributed by atoms with E-state index in [9.17, 15) is 28.0 Å². The predicted molar refractivity (Wildman–Crippen MR) is 123 cm³/mol. The van der Waals surface area contributed by atoms with Crippen LogP contribution in [-0.2, 0) is 34.1 Å². The van der Waals surface area contributed by atoms with E-state index in [1.165, 1.54) is 11.8 Å². The quantitative estimate of drug-likeness (QED) is 0.616. The molecule has 1 N–H and O–H groups in total. The van der Waals surface area contributed by atoms with Gasteiger partial charge >= 0.3 is 6.18 Å². The Morgan fingerprint density at radius 2 is 1.85 bits per heavy atom. The lowest BCUT2D eigenvalue weighted by molar-refractivity contribution is -0.140. The number of nitrogens with one attached hydrogen (secondary N) is 1. The summed E-state index contributed by atoms with van der Waals surface area (Å²) in [4.78, 5) is 29.7. The molecule has 2 heterocycles. The summed E-state index contributed by atoms with van der Waals surface area (Å²) < 4.78 is 41.9. The molecule has 2 amide bonds. The minimum Gasteiger partial charge on any atom is -0.338 e. The Labute approximate surface area is 200 Å². The molecule has 0 unspecified atom stereocenters. The van der Waals surface area contributed by atoms with Gasteiger partial charge in [0.05, 0.1) is 16.9 Å². The van der Waals surface area contributed by atoms with Gasteiger partial charge < -0.3 is 10.2 Å². The van der Waals surface area contributed by atoms with Crippen LogP contribution in [0.5, 0.6) is 0 Å². The number of halogens is 3. The Morgan fingerprint density at radius 1 is 1.21 bits per heavy atom. The van der Waals surface area contributed by atoms with Crippen molar-refractivity contribution in [2.45, 2.75) is 57.3 Å². The second-order valence-electron chi connectivity index (χ2n) is 9.06. The zero-order valence-corrected chi connectivity index (χ0v) is 20.2. The van der Waals surface area contributed by atoms with Gasteiger partial charge in [-0.05, 0) is 23.1 Å². The highest BCUT2D eigenvalue weighted by atomic mass is 32.2. The van der Waals surface area contributed by atoms with Gasteiger partial charge in [-0.15, -0.1) is 0 Å². The van der Waals surface area contributed by atoms with Crippen molar-refractivity contribution in [2.75, 3.05) is 17.6 Å². The van der Waals surface area contributed by atoms with Gasteiger partial charge in [0.1, 0.15) is 11.1 Å². The summed E-state index contributed by atoms with van der Waals surface area (Å²) in [6, 6.07) is 8.96. The number of fused-ring (bicyclic) bond motifs is 1. The van der Waals surface area contributed by atoms with Crippen molar-refractivity contribution in [3.63, 3.8) is 0 Å². The lowest BCUT2D eigenvalue weighted by Gasteiger charge is -2.30. The maximum Gasteiger partial charge on any atom is 0.418 e. The molecule has 1 aliphatic rings. The summed E-state index contributed by atoms with van der Waals surface area (Å²) in [5.41, 5.74) is -0.0297. The average molecular weight is 491 g/mol. The third-order valence-electron chi connectivity index (χ3n) is 5.53. The van der Waals surface area contributed by atoms with E-state index in [1.807, 2.05) is 12.1 Å². The van der Waals surface area contributed by atoms with E-state index in [0.717, 1.165) is 17.3 Å². The van der Waals surface area contributed by atoms with Crippen LogP contribution >= 0.6 is 11.8 Å². The van der Waals surface area contributed by atoms with Crippen LogP contribution in [-0.4, -0.2) is 34.0 Å². The molecule has 3 rings (SSSR count). The molecule has 180 valence electrons. The molecule has 0 fully saturated rings. The molecule has 1 aromatic carbocycles. The second kappa shape index (κ2) is 9.66. The summed E-state index contributed by atoms with van der Waals surface area (Å²) in [5.74, 6) is -0.977. The molecule has 0 radical (unpaired) electrons. The van der Waals surface area contributed by atoms with Crippen LogP contribution in [0.2, 0.25) is 0 Å². The lowest BCUT2D eigenvalue weighted by Crippen LogP contribution is -2.36. The van der Waals surface area contributed by atoms with Gasteiger partial charge in [-0.1, -0.05) is 44.7 Å². The number of amides is 2. The lowest BCUT2D eigenvalue weighted by atomic mass is 9.87. The molecule has 0 spiro atoms. The first-order valence-corrected chi connectivity index (χ1v) is 11.6. The highest BCUT2D eigenvalue weighted by Gasteiger charge is 2.41. The van der Waals surface area contributed by atoms with Crippen LogP contribution in [0.3, 0.4) is 0 Å². The molecule has 1 aromatic heterocycles. The van der Waals surface area contributed by atoms with E-state index in [0.29, 0.717) is 5.69 Å². The average Bonchev–Trinajstić information content (AvgIpc) is 2.75. The first-order valence-electron chi connectivity index (χ1n) is 10.6. The summed E-state index contributed by atoms with van der Waals surface area (Å²) in [6.45, 7) is 7.49. The van der Waals surface area contributed by atoms with Crippen molar-refractivity contribution in [3.05, 3.63) is 52.2 Å². The highest BCUT2D eigenvalue weighted by molar-refractivity contribution is 8.00. The molecule has 6 nitrogen and oxygen atoms in total. The molecule has 0 bridgehead atoms. The zero-order chi connectivity index (χ0) is 25.3. The van der Waals surface area contributed by atoms with E-state index < -0.39 is 23.2 Å². The number of carbonyl (C=O) groups excluding carboxylic acids is 2. The van der Waals surface area contributed by atoms with Gasteiger partial charge in [0, 0.05) is 43.4 Å². The Bertz CT molecular complexity index is 1150. The number of pyridine rings is 1. The Balaban J connectivity index is 1.83. The largest absolute Gasteiger partial charge is 0.418 e. The van der Waals surface area contributed by atoms with E-state index in [2.05, 4.69) is 31.1 Å². The second-order valence-corrected chi connectivity index (χ2v) is 10.0. The number of nitrogens with zero attached hydrogens (tertiary/aromatic N) is 3. The first-order chi connectivity index (χ1) is 15.8. The highest BCUT2D eigenvalue weighted by Crippen LogP contribution is 2.40. The number of nitriles is 1. The molecule has 34 heavy (non-hydrogen) atoms. The topological polar surface area (TPSA) is 86.1 Å². The number of anilines is 1. The fourth-order valence-corrected chi connectivity index (χ4v) is 4.52. The van der Waals surface area contributed by atoms with E-state index in [1.54, 1.807) is 18.2 Å². The van der Waals surface area contributed by atoms with Crippen LogP contribution in [0.1, 0.15) is 55.6 Å². The van der Waals surface area contributed by atoms with Crippen LogP contribution < -0.4 is 5.32 Å². The maximum atomic E-state index is 14.0. The molecular formula is C24H25F3N4O2S. The van der Waals surface area contributed by atoms with Crippen molar-refractivity contribution in [1.82, 2.24) is 9.88 Å². The molecule has 10 heteroatoms. The van der Waals surface area contributed by atoms with Crippen LogP contribution in [0, 0.1) is 11.3 Å². The Hall–Kier alpha value is -3.06. The van der Waals surface area contributed by atoms with Gasteiger partial charge in [-0.2, -0.15) is 18.4 Å². The van der Waals surface area contributed by atoms with Gasteiger partial charge in [-0.3, -0.25) is 9.59 Å². The monoisotopic (exact) mass is 490 g/mol. The number of hydrogen-bond acceptors (Lipinski definition) is 5. The van der Waals surface area contributed by atoms with Crippen LogP contribution in [0.25, 0.3) is 0 Å². The molecular weight excluding hydrogens is 465 g/mol. The van der Waals surface area contributed by atoms with Gasteiger partial charge in [0.15, 0.2) is 0 Å². The molecule has 0 atom stereocenters. The van der Waals surface area contributed by atoms with E-state index in [-0.39, 0.29) is 52.9 Å². The van der Waals surface area contributed by atoms with Gasteiger partial charge in [0.25, 0.3) is 0 Å². The fourth-order valence-electron chi connectivity index (χ4n) is 3.71. The summed E-state index contributed by atoms with van der Waals surface area (Å²) in [7, 11) is 0. The summed E-state index contributed by atoms with van der Waals surface area (Å²) in [6.07, 6.45) is -4.66. The SMILES string of the molecule is CC(=O)N1CCc2nc(SCC(=O)Nc3ccc(C(C)(C)C)cc3)c(C#N)c(C(F)(F)F)c2C1. The van der Waals surface area contributed by atoms with E-state index in [4.69, 9.17) is 0 Å². The van der Waals surface area contributed by atoms with Gasteiger partial charge in [-0.25, -0.2) is 4.98 Å². The van der Waals surface area contributed by atoms with Crippen molar-refractivity contribution >= 4 is 29.3 Å². The van der Waals surface area contributed by atoms with Crippen LogP contribution in [0.15, 0.2) is 29.3 Å². The molecule has 0 saturated carbocycles. The Morgan fingerprint density at radius 3 is 2.38 bits per heavy atom. The van der Waals surface area contributed by atoms with E-state index >= 15 is 0 Å². The van der Waals surface area contributed by atoms with Gasteiger partial charge in [0.2, 0.25) is 11.8 Å². The summed E-state index contributed by atoms with van der Waals surface area (Å²) >= 11 is 0.790. The number of hydrogen-bond donors (Lipinski definition) is 1. The predicted octanol–water partition coefficient (Wildman–Crippen LogP) is 4.90. The number of rotatable bonds is 4. The fraction of sp³-hybridized carbons (Fsp3) is 0.417. The molecule has 0 saturated heterocycles. The molecule has 1 aliphatic heterocycles. The first kappa shape index (κ1) is 25.6. The minimum atomic E-state index is -4.80. The third-order valence-corrected chi connectivity index (χ3v) is 6.51. The zero-order valence-electron chi connectivity index (χ0n) is 19.3. The standard InChI is InChI=1S/C24H25F3N4O2S/c1-14(32)31-10-9-19-18(12-31)21(24(25,26)27)17(11-28)22(30-19)34-13-20(33)29-16-7-5-15(6-8-16)23(2,3)4/h5-8H,9-10,12-13H2,1-4H3,(H,29,33). The van der Waals surface area contributed by atoms with Crippen molar-refractivity contribution in [1.29, 1.82) is 5.26 Å². The summed E-state index contributed by atoms with van der Waals surface area (Å²) in [5, 5.41) is 12.1. The third kappa shape index (κ3) is 5.70. The minimum absolute atomic E-state index is 0.0398. The number of thioether (sulfide) groups is 1. The van der Waals surface area contributed by atoms with Crippen LogP contribution in [0.4, 0.5) is 18.9 Å². The smallest absolute Gasteiger partial charge is 0.338 e. The van der Waals surface area contributed by atoms with Crippen molar-refractivity contribution < 1.29 is 22.8 Å². The number of alkyl halides is 3. The van der Waals surface area contributed by atoms with Crippen molar-refractivity contribution in [2.24, 2.45) is 0 Å². The maximum absolute atomic E-state index is 14.0. The number of benzene rings is 1. The number of carbonyl (C=O) groups is 2. The van der Waals surface area contributed by atoms with Crippen molar-refractivity contribution in [3.8, 4) is 6.07 Å². The molecule has 2 aromatic rings. The molecule has 0 aliphatic carbocycles.